The number of nitrogens with one attached hydrogen (secondary N) is 1. The highest BCUT2D eigenvalue weighted by atomic mass is 35.5. The first-order chi connectivity index (χ1) is 13.3. The zero-order chi connectivity index (χ0) is 20.4. The van der Waals surface area contributed by atoms with E-state index in [2.05, 4.69) is 5.32 Å². The van der Waals surface area contributed by atoms with Gasteiger partial charge < -0.3 is 10.1 Å². The van der Waals surface area contributed by atoms with Crippen LogP contribution < -0.4 is 5.32 Å². The van der Waals surface area contributed by atoms with Crippen LogP contribution in [-0.4, -0.2) is 41.2 Å². The van der Waals surface area contributed by atoms with Crippen molar-refractivity contribution in [3.05, 3.63) is 64.2 Å². The molecule has 1 aliphatic rings. The number of fused-ring (bicyclic) bond motifs is 1. The van der Waals surface area contributed by atoms with Crippen LogP contribution in [0.1, 0.15) is 33.2 Å². The van der Waals surface area contributed by atoms with Gasteiger partial charge in [0.05, 0.1) is 11.1 Å². The molecule has 2 aromatic rings. The number of rotatable bonds is 5. The van der Waals surface area contributed by atoms with Crippen molar-refractivity contribution >= 4 is 41.0 Å². The first-order valence-electron chi connectivity index (χ1n) is 8.49. The summed E-state index contributed by atoms with van der Waals surface area (Å²) < 4.78 is 4.97. The Kier molecular flexibility index (Phi) is 5.46. The highest BCUT2D eigenvalue weighted by molar-refractivity contribution is 6.31. The molecule has 0 spiro atoms. The van der Waals surface area contributed by atoms with Crippen LogP contribution in [0.5, 0.6) is 0 Å². The number of anilines is 1. The number of halogens is 1. The molecule has 1 atom stereocenters. The summed E-state index contributed by atoms with van der Waals surface area (Å²) in [6.45, 7) is 2.65. The molecule has 144 valence electrons. The maximum absolute atomic E-state index is 12.4. The Bertz CT molecular complexity index is 953. The molecule has 0 unspecified atom stereocenters. The third-order valence-corrected chi connectivity index (χ3v) is 4.76. The number of amides is 3. The molecule has 1 aliphatic heterocycles. The van der Waals surface area contributed by atoms with Gasteiger partial charge in [0, 0.05) is 10.7 Å². The summed E-state index contributed by atoms with van der Waals surface area (Å²) in [5.41, 5.74) is 1.80. The second-order valence-electron chi connectivity index (χ2n) is 6.32. The lowest BCUT2D eigenvalue weighted by Gasteiger charge is -2.20. The Morgan fingerprint density at radius 2 is 1.71 bits per heavy atom. The highest BCUT2D eigenvalue weighted by Gasteiger charge is 2.41. The summed E-state index contributed by atoms with van der Waals surface area (Å²) in [4.78, 5) is 49.9. The third-order valence-electron chi connectivity index (χ3n) is 4.36. The lowest BCUT2D eigenvalue weighted by molar-refractivity contribution is -0.150. The van der Waals surface area contributed by atoms with Gasteiger partial charge in [-0.1, -0.05) is 29.8 Å². The molecular weight excluding hydrogens is 384 g/mol. The van der Waals surface area contributed by atoms with Crippen molar-refractivity contribution < 1.29 is 23.9 Å². The topological polar surface area (TPSA) is 92.8 Å². The molecule has 0 saturated heterocycles. The van der Waals surface area contributed by atoms with E-state index in [1.54, 1.807) is 30.3 Å². The van der Waals surface area contributed by atoms with Gasteiger partial charge in [-0.25, -0.2) is 4.79 Å². The minimum absolute atomic E-state index is 0.237. The van der Waals surface area contributed by atoms with Gasteiger partial charge in [0.25, 0.3) is 17.7 Å². The molecule has 1 heterocycles. The number of nitrogens with zero attached hydrogens (tertiary/aromatic N) is 1. The fourth-order valence-electron chi connectivity index (χ4n) is 2.79. The van der Waals surface area contributed by atoms with Crippen LogP contribution >= 0.6 is 11.6 Å². The summed E-state index contributed by atoms with van der Waals surface area (Å²) in [7, 11) is 0. The highest BCUT2D eigenvalue weighted by Crippen LogP contribution is 2.25. The molecule has 0 radical (unpaired) electrons. The molecule has 1 N–H and O–H groups in total. The van der Waals surface area contributed by atoms with Crippen LogP contribution in [0.4, 0.5) is 5.69 Å². The standard InChI is InChI=1S/C20H17ClN2O5/c1-11-7-8-13(9-16(11)21)22-17(24)10-28-20(27)12(2)23-18(25)14-5-3-4-6-15(14)19(23)26/h3-9,12H,10H2,1-2H3,(H,22,24)/t12-/m0/s1. The van der Waals surface area contributed by atoms with Gasteiger partial charge in [0.15, 0.2) is 6.61 Å². The number of hydrogen-bond donors (Lipinski definition) is 1. The van der Waals surface area contributed by atoms with E-state index in [0.29, 0.717) is 10.7 Å². The first-order valence-corrected chi connectivity index (χ1v) is 8.87. The maximum Gasteiger partial charge on any atom is 0.329 e. The van der Waals surface area contributed by atoms with Gasteiger partial charge in [-0.15, -0.1) is 0 Å². The van der Waals surface area contributed by atoms with Crippen LogP contribution in [0, 0.1) is 6.92 Å². The van der Waals surface area contributed by atoms with Crippen molar-refractivity contribution in [1.29, 1.82) is 0 Å². The number of carbonyl (C=O) groups excluding carboxylic acids is 4. The van der Waals surface area contributed by atoms with Crippen molar-refractivity contribution in [2.75, 3.05) is 11.9 Å². The van der Waals surface area contributed by atoms with E-state index in [1.165, 1.54) is 19.1 Å². The fourth-order valence-corrected chi connectivity index (χ4v) is 2.97. The Morgan fingerprint density at radius 3 is 2.29 bits per heavy atom. The maximum atomic E-state index is 12.4. The summed E-state index contributed by atoms with van der Waals surface area (Å²) in [6, 6.07) is 10.2. The zero-order valence-corrected chi connectivity index (χ0v) is 15.9. The van der Waals surface area contributed by atoms with Crippen LogP contribution in [0.3, 0.4) is 0 Å². The molecule has 0 aliphatic carbocycles. The quantitative estimate of drug-likeness (QED) is 0.615. The predicted molar refractivity (Wildman–Crippen MR) is 102 cm³/mol. The first kappa shape index (κ1) is 19.6. The minimum atomic E-state index is -1.16. The van der Waals surface area contributed by atoms with Gasteiger partial charge in [0.2, 0.25) is 0 Å². The lowest BCUT2D eigenvalue weighted by Crippen LogP contribution is -2.44. The van der Waals surface area contributed by atoms with Gasteiger partial charge in [0.1, 0.15) is 6.04 Å². The third kappa shape index (κ3) is 3.75. The Morgan fingerprint density at radius 1 is 1.11 bits per heavy atom. The normalized spacial score (nSPS) is 13.9. The van der Waals surface area contributed by atoms with Crippen LogP contribution in [0.15, 0.2) is 42.5 Å². The van der Waals surface area contributed by atoms with Crippen LogP contribution in [0.25, 0.3) is 0 Å². The predicted octanol–water partition coefficient (Wildman–Crippen LogP) is 2.81. The molecule has 28 heavy (non-hydrogen) atoms. The molecular formula is C20H17ClN2O5. The monoisotopic (exact) mass is 400 g/mol. The van der Waals surface area contributed by atoms with Gasteiger partial charge in [-0.05, 0) is 43.7 Å². The fraction of sp³-hybridized carbons (Fsp3) is 0.200. The van der Waals surface area contributed by atoms with Gasteiger partial charge in [-0.3, -0.25) is 19.3 Å². The summed E-state index contributed by atoms with van der Waals surface area (Å²) in [6.07, 6.45) is 0. The van der Waals surface area contributed by atoms with E-state index in [1.807, 2.05) is 6.92 Å². The molecule has 0 fully saturated rings. The number of carbonyl (C=O) groups is 4. The Hall–Kier alpha value is -3.19. The average molecular weight is 401 g/mol. The zero-order valence-electron chi connectivity index (χ0n) is 15.2. The van der Waals surface area contributed by atoms with E-state index in [0.717, 1.165) is 10.5 Å². The SMILES string of the molecule is Cc1ccc(NC(=O)COC(=O)[C@H](C)N2C(=O)c3ccccc3C2=O)cc1Cl. The summed E-state index contributed by atoms with van der Waals surface area (Å²) in [5, 5.41) is 3.05. The van der Waals surface area contributed by atoms with Crippen molar-refractivity contribution in [1.82, 2.24) is 4.90 Å². The van der Waals surface area contributed by atoms with Crippen LogP contribution in [0.2, 0.25) is 5.02 Å². The second-order valence-corrected chi connectivity index (χ2v) is 6.73. The number of ether oxygens (including phenoxy) is 1. The Balaban J connectivity index is 1.59. The van der Waals surface area contributed by atoms with E-state index >= 15 is 0 Å². The second kappa shape index (κ2) is 7.82. The molecule has 0 aromatic heterocycles. The number of esters is 1. The van der Waals surface area contributed by atoms with Gasteiger partial charge in [-0.2, -0.15) is 0 Å². The molecule has 3 amide bonds. The van der Waals surface area contributed by atoms with Crippen molar-refractivity contribution in [3.63, 3.8) is 0 Å². The van der Waals surface area contributed by atoms with Crippen molar-refractivity contribution in [2.45, 2.75) is 19.9 Å². The van der Waals surface area contributed by atoms with Crippen molar-refractivity contribution in [3.8, 4) is 0 Å². The molecule has 8 heteroatoms. The average Bonchev–Trinajstić information content (AvgIpc) is 2.93. The molecule has 2 aromatic carbocycles. The van der Waals surface area contributed by atoms with E-state index in [4.69, 9.17) is 16.3 Å². The largest absolute Gasteiger partial charge is 0.454 e. The molecule has 0 bridgehead atoms. The Labute approximate surface area is 166 Å². The minimum Gasteiger partial charge on any atom is -0.454 e. The number of hydrogen-bond acceptors (Lipinski definition) is 5. The smallest absolute Gasteiger partial charge is 0.329 e. The lowest BCUT2D eigenvalue weighted by atomic mass is 10.1. The number of imide groups is 1. The van der Waals surface area contributed by atoms with Crippen molar-refractivity contribution in [2.24, 2.45) is 0 Å². The molecule has 3 rings (SSSR count). The van der Waals surface area contributed by atoms with E-state index in [9.17, 15) is 19.2 Å². The summed E-state index contributed by atoms with van der Waals surface area (Å²) in [5.74, 6) is -2.55. The number of aryl methyl sites for hydroxylation is 1. The molecule has 7 nitrogen and oxygen atoms in total. The number of benzene rings is 2. The van der Waals surface area contributed by atoms with E-state index in [-0.39, 0.29) is 11.1 Å². The molecule has 0 saturated carbocycles. The van der Waals surface area contributed by atoms with E-state index < -0.39 is 36.3 Å². The van der Waals surface area contributed by atoms with Crippen LogP contribution in [-0.2, 0) is 14.3 Å². The summed E-state index contributed by atoms with van der Waals surface area (Å²) >= 11 is 6.00. The van der Waals surface area contributed by atoms with Gasteiger partial charge >= 0.3 is 5.97 Å².